The first kappa shape index (κ1) is 20.8. The van der Waals surface area contributed by atoms with E-state index in [0.29, 0.717) is 25.9 Å². The monoisotopic (exact) mass is 355 g/mol. The number of alkyl carbamates (subject to hydrolysis) is 2. The standard InChI is InChI=1S/C17H29N3O5/c1-5-12-24-16(23)19-13-7-10-20(11-8-13)14(21)6-9-18-15(22)25-17(2,3)4/h5,13H,1,6-12H2,2-4H3,(H,18,22)(H,19,23). The molecule has 8 heteroatoms. The summed E-state index contributed by atoms with van der Waals surface area (Å²) < 4.78 is 9.99. The summed E-state index contributed by atoms with van der Waals surface area (Å²) in [6, 6.07) is 0.00116. The summed E-state index contributed by atoms with van der Waals surface area (Å²) >= 11 is 0. The molecule has 0 aromatic carbocycles. The number of piperidine rings is 1. The van der Waals surface area contributed by atoms with Gasteiger partial charge in [0, 0.05) is 32.1 Å². The van der Waals surface area contributed by atoms with Crippen molar-refractivity contribution in [2.75, 3.05) is 26.2 Å². The van der Waals surface area contributed by atoms with Gasteiger partial charge in [0.1, 0.15) is 12.2 Å². The van der Waals surface area contributed by atoms with Crippen molar-refractivity contribution in [3.05, 3.63) is 12.7 Å². The minimum absolute atomic E-state index is 0.00116. The molecule has 0 saturated carbocycles. The number of nitrogens with one attached hydrogen (secondary N) is 2. The number of nitrogens with zero attached hydrogens (tertiary/aromatic N) is 1. The highest BCUT2D eigenvalue weighted by atomic mass is 16.6. The molecule has 0 radical (unpaired) electrons. The lowest BCUT2D eigenvalue weighted by atomic mass is 10.0. The van der Waals surface area contributed by atoms with Gasteiger partial charge in [0.25, 0.3) is 0 Å². The van der Waals surface area contributed by atoms with Gasteiger partial charge in [-0.15, -0.1) is 0 Å². The average molecular weight is 355 g/mol. The second kappa shape index (κ2) is 9.90. The van der Waals surface area contributed by atoms with Crippen LogP contribution in [-0.2, 0) is 14.3 Å². The first-order valence-electron chi connectivity index (χ1n) is 8.50. The van der Waals surface area contributed by atoms with E-state index in [2.05, 4.69) is 17.2 Å². The van der Waals surface area contributed by atoms with Gasteiger partial charge in [-0.2, -0.15) is 0 Å². The van der Waals surface area contributed by atoms with Gasteiger partial charge in [0.05, 0.1) is 0 Å². The highest BCUT2D eigenvalue weighted by Gasteiger charge is 2.24. The molecule has 1 aliphatic rings. The van der Waals surface area contributed by atoms with Crippen molar-refractivity contribution in [1.82, 2.24) is 15.5 Å². The van der Waals surface area contributed by atoms with E-state index in [1.807, 2.05) is 0 Å². The Hall–Kier alpha value is -2.25. The summed E-state index contributed by atoms with van der Waals surface area (Å²) in [7, 11) is 0. The smallest absolute Gasteiger partial charge is 0.407 e. The molecule has 25 heavy (non-hydrogen) atoms. The molecule has 8 nitrogen and oxygen atoms in total. The zero-order chi connectivity index (χ0) is 18.9. The molecule has 0 aliphatic carbocycles. The Balaban J connectivity index is 2.21. The van der Waals surface area contributed by atoms with Gasteiger partial charge in [-0.1, -0.05) is 12.7 Å². The molecule has 142 valence electrons. The van der Waals surface area contributed by atoms with Crippen LogP contribution in [0.1, 0.15) is 40.0 Å². The molecule has 0 unspecified atom stereocenters. The van der Waals surface area contributed by atoms with Gasteiger partial charge < -0.3 is 25.0 Å². The maximum Gasteiger partial charge on any atom is 0.407 e. The third-order valence-electron chi connectivity index (χ3n) is 3.51. The Morgan fingerprint density at radius 1 is 1.20 bits per heavy atom. The molecule has 1 saturated heterocycles. The van der Waals surface area contributed by atoms with Crippen molar-refractivity contribution in [1.29, 1.82) is 0 Å². The van der Waals surface area contributed by atoms with Crippen molar-refractivity contribution in [2.24, 2.45) is 0 Å². The minimum Gasteiger partial charge on any atom is -0.445 e. The van der Waals surface area contributed by atoms with E-state index in [1.165, 1.54) is 6.08 Å². The third-order valence-corrected chi connectivity index (χ3v) is 3.51. The summed E-state index contributed by atoms with van der Waals surface area (Å²) in [6.45, 7) is 10.4. The number of amides is 3. The van der Waals surface area contributed by atoms with Crippen molar-refractivity contribution < 1.29 is 23.9 Å². The fraction of sp³-hybridized carbons (Fsp3) is 0.706. The third kappa shape index (κ3) is 8.97. The Labute approximate surface area is 148 Å². The van der Waals surface area contributed by atoms with Crippen LogP contribution in [0.25, 0.3) is 0 Å². The van der Waals surface area contributed by atoms with Crippen LogP contribution in [0.3, 0.4) is 0 Å². The number of rotatable bonds is 6. The van der Waals surface area contributed by atoms with Gasteiger partial charge in [0.15, 0.2) is 0 Å². The lowest BCUT2D eigenvalue weighted by Gasteiger charge is -2.32. The number of hydrogen-bond donors (Lipinski definition) is 2. The van der Waals surface area contributed by atoms with E-state index >= 15 is 0 Å². The zero-order valence-corrected chi connectivity index (χ0v) is 15.3. The molecule has 3 amide bonds. The number of ether oxygens (including phenoxy) is 2. The van der Waals surface area contributed by atoms with E-state index in [9.17, 15) is 14.4 Å². The number of hydrogen-bond acceptors (Lipinski definition) is 5. The van der Waals surface area contributed by atoms with Crippen LogP contribution in [0.2, 0.25) is 0 Å². The number of carbonyl (C=O) groups excluding carboxylic acids is 3. The van der Waals surface area contributed by atoms with Gasteiger partial charge in [-0.05, 0) is 33.6 Å². The minimum atomic E-state index is -0.560. The topological polar surface area (TPSA) is 97.0 Å². The predicted octanol–water partition coefficient (Wildman–Crippen LogP) is 1.80. The fourth-order valence-electron chi connectivity index (χ4n) is 2.36. The van der Waals surface area contributed by atoms with Gasteiger partial charge in [-0.3, -0.25) is 4.79 Å². The lowest BCUT2D eigenvalue weighted by molar-refractivity contribution is -0.132. The van der Waals surface area contributed by atoms with E-state index in [0.717, 1.165) is 0 Å². The molecule has 1 fully saturated rings. The lowest BCUT2D eigenvalue weighted by Crippen LogP contribution is -2.47. The van der Waals surface area contributed by atoms with Crippen LogP contribution in [0.5, 0.6) is 0 Å². The van der Waals surface area contributed by atoms with Crippen LogP contribution < -0.4 is 10.6 Å². The molecule has 2 N–H and O–H groups in total. The highest BCUT2D eigenvalue weighted by Crippen LogP contribution is 2.12. The number of likely N-dealkylation sites (tertiary alicyclic amines) is 1. The van der Waals surface area contributed by atoms with E-state index in [-0.39, 0.29) is 31.5 Å². The molecule has 0 aromatic heterocycles. The highest BCUT2D eigenvalue weighted by molar-refractivity contribution is 5.77. The molecule has 0 aromatic rings. The molecule has 0 spiro atoms. The van der Waals surface area contributed by atoms with Crippen molar-refractivity contribution in [2.45, 2.75) is 51.7 Å². The molecule has 1 aliphatic heterocycles. The Morgan fingerprint density at radius 3 is 2.40 bits per heavy atom. The first-order chi connectivity index (χ1) is 11.7. The molecule has 1 rings (SSSR count). The Morgan fingerprint density at radius 2 is 1.84 bits per heavy atom. The van der Waals surface area contributed by atoms with Gasteiger partial charge >= 0.3 is 12.2 Å². The van der Waals surface area contributed by atoms with E-state index < -0.39 is 17.8 Å². The first-order valence-corrected chi connectivity index (χ1v) is 8.50. The summed E-state index contributed by atoms with van der Waals surface area (Å²) in [5.74, 6) is -0.0243. The molecular formula is C17H29N3O5. The van der Waals surface area contributed by atoms with E-state index in [1.54, 1.807) is 25.7 Å². The van der Waals surface area contributed by atoms with Crippen LogP contribution in [-0.4, -0.2) is 60.9 Å². The molecular weight excluding hydrogens is 326 g/mol. The predicted molar refractivity (Wildman–Crippen MR) is 93.1 cm³/mol. The average Bonchev–Trinajstić information content (AvgIpc) is 2.51. The summed E-state index contributed by atoms with van der Waals surface area (Å²) in [5, 5.41) is 5.35. The zero-order valence-electron chi connectivity index (χ0n) is 15.3. The SMILES string of the molecule is C=CCOC(=O)NC1CCN(C(=O)CCNC(=O)OC(C)(C)C)CC1. The second-order valence-electron chi connectivity index (χ2n) is 6.87. The van der Waals surface area contributed by atoms with Crippen molar-refractivity contribution in [3.63, 3.8) is 0 Å². The normalized spacial score (nSPS) is 15.2. The van der Waals surface area contributed by atoms with E-state index in [4.69, 9.17) is 9.47 Å². The van der Waals surface area contributed by atoms with Crippen molar-refractivity contribution in [3.8, 4) is 0 Å². The van der Waals surface area contributed by atoms with Crippen molar-refractivity contribution >= 4 is 18.1 Å². The van der Waals surface area contributed by atoms with Crippen LogP contribution in [0.15, 0.2) is 12.7 Å². The summed E-state index contributed by atoms with van der Waals surface area (Å²) in [5.41, 5.74) is -0.560. The Bertz CT molecular complexity index is 479. The largest absolute Gasteiger partial charge is 0.445 e. The maximum absolute atomic E-state index is 12.1. The molecule has 1 heterocycles. The summed E-state index contributed by atoms with van der Waals surface area (Å²) in [4.78, 5) is 36.9. The second-order valence-corrected chi connectivity index (χ2v) is 6.87. The fourth-order valence-corrected chi connectivity index (χ4v) is 2.36. The molecule has 0 bridgehead atoms. The van der Waals surface area contributed by atoms with Gasteiger partial charge in [-0.25, -0.2) is 9.59 Å². The van der Waals surface area contributed by atoms with Crippen LogP contribution >= 0.6 is 0 Å². The summed E-state index contributed by atoms with van der Waals surface area (Å²) in [6.07, 6.45) is 2.08. The maximum atomic E-state index is 12.1. The number of carbonyl (C=O) groups is 3. The van der Waals surface area contributed by atoms with Crippen LogP contribution in [0, 0.1) is 0 Å². The van der Waals surface area contributed by atoms with Crippen LogP contribution in [0.4, 0.5) is 9.59 Å². The Kier molecular flexibility index (Phi) is 8.24. The molecule has 0 atom stereocenters. The van der Waals surface area contributed by atoms with Gasteiger partial charge in [0.2, 0.25) is 5.91 Å². The quantitative estimate of drug-likeness (QED) is 0.708.